The molecule has 1 aliphatic carbocycles. The first kappa shape index (κ1) is 11.4. The van der Waals surface area contributed by atoms with Crippen LogP contribution in [0.15, 0.2) is 0 Å². The van der Waals surface area contributed by atoms with Gasteiger partial charge >= 0.3 is 0 Å². The minimum Gasteiger partial charge on any atom is -0.303 e. The maximum absolute atomic E-state index is 4.45. The zero-order valence-corrected chi connectivity index (χ0v) is 9.95. The third-order valence-corrected chi connectivity index (χ3v) is 3.60. The normalized spacial score (nSPS) is 19.4. The van der Waals surface area contributed by atoms with E-state index in [2.05, 4.69) is 31.4 Å². The van der Waals surface area contributed by atoms with Gasteiger partial charge in [0.2, 0.25) is 0 Å². The highest BCUT2D eigenvalue weighted by atomic mass is 32.1. The molecule has 1 rings (SSSR count). The molecule has 0 saturated heterocycles. The topological polar surface area (TPSA) is 3.24 Å². The summed E-state index contributed by atoms with van der Waals surface area (Å²) in [6.45, 7) is 8.36. The summed E-state index contributed by atoms with van der Waals surface area (Å²) in [7, 11) is 0. The fourth-order valence-electron chi connectivity index (χ4n) is 1.92. The van der Waals surface area contributed by atoms with Gasteiger partial charge in [-0.15, -0.1) is 0 Å². The van der Waals surface area contributed by atoms with E-state index in [1.165, 1.54) is 45.3 Å². The van der Waals surface area contributed by atoms with Crippen molar-refractivity contribution in [2.45, 2.75) is 39.5 Å². The van der Waals surface area contributed by atoms with Gasteiger partial charge in [0, 0.05) is 6.54 Å². The minimum atomic E-state index is 0.605. The molecule has 1 nitrogen and oxygen atoms in total. The smallest absolute Gasteiger partial charge is 0.00458 e. The molecule has 0 bridgehead atoms. The maximum atomic E-state index is 4.45. The molecule has 0 N–H and O–H groups in total. The van der Waals surface area contributed by atoms with Crippen molar-refractivity contribution in [2.24, 2.45) is 5.41 Å². The SMILES string of the molecule is CCCN(CCC)CC1(CS)CC1. The zero-order chi connectivity index (χ0) is 9.73. The minimum absolute atomic E-state index is 0.605. The van der Waals surface area contributed by atoms with Crippen LogP contribution in [-0.2, 0) is 0 Å². The largest absolute Gasteiger partial charge is 0.303 e. The summed E-state index contributed by atoms with van der Waals surface area (Å²) >= 11 is 4.45. The van der Waals surface area contributed by atoms with Crippen LogP contribution in [0.4, 0.5) is 0 Å². The van der Waals surface area contributed by atoms with E-state index in [4.69, 9.17) is 0 Å². The van der Waals surface area contributed by atoms with Crippen molar-refractivity contribution in [3.63, 3.8) is 0 Å². The second-order valence-corrected chi connectivity index (χ2v) is 4.75. The molecular weight excluding hydrogens is 178 g/mol. The van der Waals surface area contributed by atoms with Crippen molar-refractivity contribution in [3.8, 4) is 0 Å². The quantitative estimate of drug-likeness (QED) is 0.620. The molecule has 0 atom stereocenters. The summed E-state index contributed by atoms with van der Waals surface area (Å²) in [6, 6.07) is 0. The third-order valence-electron chi connectivity index (χ3n) is 2.93. The third kappa shape index (κ3) is 3.51. The lowest BCUT2D eigenvalue weighted by Crippen LogP contribution is -2.32. The molecule has 1 fully saturated rings. The molecule has 0 unspecified atom stereocenters. The first-order valence-corrected chi connectivity index (χ1v) is 6.23. The van der Waals surface area contributed by atoms with Crippen LogP contribution in [0.2, 0.25) is 0 Å². The summed E-state index contributed by atoms with van der Waals surface area (Å²) in [6.07, 6.45) is 5.37. The molecule has 0 aliphatic heterocycles. The average molecular weight is 201 g/mol. The average Bonchev–Trinajstić information content (AvgIpc) is 2.87. The first-order valence-electron chi connectivity index (χ1n) is 5.59. The van der Waals surface area contributed by atoms with Crippen LogP contribution in [0, 0.1) is 5.41 Å². The van der Waals surface area contributed by atoms with Gasteiger partial charge in [0.1, 0.15) is 0 Å². The van der Waals surface area contributed by atoms with Gasteiger partial charge in [0.05, 0.1) is 0 Å². The highest BCUT2D eigenvalue weighted by molar-refractivity contribution is 7.80. The Kier molecular flexibility index (Phi) is 4.60. The predicted octanol–water partition coefficient (Wildman–Crippen LogP) is 2.82. The van der Waals surface area contributed by atoms with Crippen LogP contribution < -0.4 is 0 Å². The van der Waals surface area contributed by atoms with Crippen molar-refractivity contribution in [1.29, 1.82) is 0 Å². The van der Waals surface area contributed by atoms with Crippen LogP contribution in [0.3, 0.4) is 0 Å². The standard InChI is InChI=1S/C11H23NS/c1-3-7-12(8-4-2)9-11(10-13)5-6-11/h13H,3-10H2,1-2H3. The molecule has 0 spiro atoms. The van der Waals surface area contributed by atoms with Gasteiger partial charge in [-0.1, -0.05) is 13.8 Å². The number of nitrogens with zero attached hydrogens (tertiary/aromatic N) is 1. The first-order chi connectivity index (χ1) is 6.26. The number of hydrogen-bond donors (Lipinski definition) is 1. The van der Waals surface area contributed by atoms with Crippen LogP contribution in [-0.4, -0.2) is 30.3 Å². The van der Waals surface area contributed by atoms with E-state index >= 15 is 0 Å². The van der Waals surface area contributed by atoms with Crippen molar-refractivity contribution in [2.75, 3.05) is 25.4 Å². The highest BCUT2D eigenvalue weighted by Crippen LogP contribution is 2.47. The fourth-order valence-corrected chi connectivity index (χ4v) is 2.34. The molecule has 0 radical (unpaired) electrons. The molecule has 2 heteroatoms. The summed E-state index contributed by atoms with van der Waals surface area (Å²) < 4.78 is 0. The molecule has 78 valence electrons. The molecule has 0 aromatic carbocycles. The predicted molar refractivity (Wildman–Crippen MR) is 62.5 cm³/mol. The lowest BCUT2D eigenvalue weighted by atomic mass is 10.1. The van der Waals surface area contributed by atoms with E-state index < -0.39 is 0 Å². The van der Waals surface area contributed by atoms with E-state index in [-0.39, 0.29) is 0 Å². The van der Waals surface area contributed by atoms with Gasteiger partial charge in [-0.05, 0) is 49.9 Å². The van der Waals surface area contributed by atoms with Gasteiger partial charge in [-0.2, -0.15) is 12.6 Å². The molecule has 1 saturated carbocycles. The highest BCUT2D eigenvalue weighted by Gasteiger charge is 2.42. The molecule has 1 aliphatic rings. The summed E-state index contributed by atoms with van der Waals surface area (Å²) in [5.74, 6) is 1.08. The Morgan fingerprint density at radius 3 is 2.00 bits per heavy atom. The van der Waals surface area contributed by atoms with E-state index in [1.54, 1.807) is 0 Å². The molecule has 0 aromatic rings. The van der Waals surface area contributed by atoms with E-state index in [9.17, 15) is 0 Å². The van der Waals surface area contributed by atoms with Gasteiger partial charge in [-0.25, -0.2) is 0 Å². The lowest BCUT2D eigenvalue weighted by molar-refractivity contribution is 0.231. The zero-order valence-electron chi connectivity index (χ0n) is 9.05. The van der Waals surface area contributed by atoms with E-state index in [0.29, 0.717) is 5.41 Å². The second-order valence-electron chi connectivity index (χ2n) is 4.43. The Morgan fingerprint density at radius 2 is 1.69 bits per heavy atom. The summed E-state index contributed by atoms with van der Waals surface area (Å²) in [5.41, 5.74) is 0.605. The lowest BCUT2D eigenvalue weighted by Gasteiger charge is -2.25. The van der Waals surface area contributed by atoms with E-state index in [1.807, 2.05) is 0 Å². The van der Waals surface area contributed by atoms with Crippen LogP contribution in [0.5, 0.6) is 0 Å². The number of hydrogen-bond acceptors (Lipinski definition) is 2. The van der Waals surface area contributed by atoms with Crippen molar-refractivity contribution >= 4 is 12.6 Å². The number of thiol groups is 1. The Bertz CT molecular complexity index is 137. The second kappa shape index (κ2) is 5.26. The van der Waals surface area contributed by atoms with Crippen molar-refractivity contribution in [1.82, 2.24) is 4.90 Å². The fraction of sp³-hybridized carbons (Fsp3) is 1.00. The van der Waals surface area contributed by atoms with Crippen molar-refractivity contribution < 1.29 is 0 Å². The van der Waals surface area contributed by atoms with Crippen LogP contribution in [0.25, 0.3) is 0 Å². The summed E-state index contributed by atoms with van der Waals surface area (Å²) in [4.78, 5) is 2.61. The molecule has 0 heterocycles. The molecule has 13 heavy (non-hydrogen) atoms. The number of rotatable bonds is 7. The Hall–Kier alpha value is 0.310. The Labute approximate surface area is 88.3 Å². The Balaban J connectivity index is 2.28. The molecule has 0 amide bonds. The monoisotopic (exact) mass is 201 g/mol. The van der Waals surface area contributed by atoms with Crippen molar-refractivity contribution in [3.05, 3.63) is 0 Å². The molecule has 0 aromatic heterocycles. The van der Waals surface area contributed by atoms with Gasteiger partial charge < -0.3 is 4.90 Å². The van der Waals surface area contributed by atoms with Gasteiger partial charge in [0.15, 0.2) is 0 Å². The van der Waals surface area contributed by atoms with Crippen LogP contribution >= 0.6 is 12.6 Å². The van der Waals surface area contributed by atoms with Gasteiger partial charge in [-0.3, -0.25) is 0 Å². The van der Waals surface area contributed by atoms with Gasteiger partial charge in [0.25, 0.3) is 0 Å². The maximum Gasteiger partial charge on any atom is 0.00458 e. The van der Waals surface area contributed by atoms with E-state index in [0.717, 1.165) is 5.75 Å². The molecular formula is C11H23NS. The van der Waals surface area contributed by atoms with Crippen LogP contribution in [0.1, 0.15) is 39.5 Å². The Morgan fingerprint density at radius 1 is 1.15 bits per heavy atom. The summed E-state index contributed by atoms with van der Waals surface area (Å²) in [5, 5.41) is 0.